The fraction of sp³-hybridized carbons (Fsp3) is 0.400. The van der Waals surface area contributed by atoms with Crippen molar-refractivity contribution in [2.24, 2.45) is 0 Å². The van der Waals surface area contributed by atoms with Gasteiger partial charge in [-0.3, -0.25) is 0 Å². The van der Waals surface area contributed by atoms with Crippen molar-refractivity contribution in [1.29, 1.82) is 0 Å². The molecule has 18 heavy (non-hydrogen) atoms. The number of furan rings is 1. The van der Waals surface area contributed by atoms with Crippen LogP contribution in [0, 0.1) is 0 Å². The summed E-state index contributed by atoms with van der Waals surface area (Å²) in [5, 5.41) is 10.1. The van der Waals surface area contributed by atoms with Gasteiger partial charge in [-0.2, -0.15) is 0 Å². The molecule has 3 nitrogen and oxygen atoms in total. The van der Waals surface area contributed by atoms with Crippen molar-refractivity contribution in [2.75, 3.05) is 0 Å². The number of benzene rings is 1. The normalized spacial score (nSPS) is 11.3. The summed E-state index contributed by atoms with van der Waals surface area (Å²) >= 11 is 0. The molecule has 1 aromatic heterocycles. The van der Waals surface area contributed by atoms with Gasteiger partial charge in [-0.15, -0.1) is 0 Å². The Bertz CT molecular complexity index is 579. The third kappa shape index (κ3) is 2.13. The highest BCUT2D eigenvalue weighted by Gasteiger charge is 2.22. The van der Waals surface area contributed by atoms with Crippen LogP contribution in [0.1, 0.15) is 54.8 Å². The molecule has 0 spiro atoms. The molecule has 0 saturated carbocycles. The Kier molecular flexibility index (Phi) is 3.41. The van der Waals surface area contributed by atoms with E-state index < -0.39 is 5.97 Å². The quantitative estimate of drug-likeness (QED) is 0.879. The summed E-state index contributed by atoms with van der Waals surface area (Å²) in [5.41, 5.74) is 2.69. The lowest BCUT2D eigenvalue weighted by atomic mass is 9.97. The molecular formula is C15H18O3. The smallest absolute Gasteiger partial charge is 0.372 e. The van der Waals surface area contributed by atoms with Crippen molar-refractivity contribution < 1.29 is 14.3 Å². The third-order valence-electron chi connectivity index (χ3n) is 3.10. The number of fused-ring (bicyclic) bond motifs is 1. The standard InChI is InChI=1S/C15H18O3/c1-4-5-10-6-7-12-11(8-10)13(9(2)3)14(18-12)15(16)17/h6-9H,4-5H2,1-3H3,(H,16,17). The first-order valence-electron chi connectivity index (χ1n) is 6.33. The molecule has 0 bridgehead atoms. The summed E-state index contributed by atoms with van der Waals surface area (Å²) in [6.07, 6.45) is 2.08. The highest BCUT2D eigenvalue weighted by Crippen LogP contribution is 2.32. The molecule has 0 amide bonds. The van der Waals surface area contributed by atoms with Gasteiger partial charge in [-0.1, -0.05) is 33.3 Å². The van der Waals surface area contributed by atoms with E-state index in [2.05, 4.69) is 13.0 Å². The van der Waals surface area contributed by atoms with Gasteiger partial charge in [-0.25, -0.2) is 4.79 Å². The minimum atomic E-state index is -0.994. The van der Waals surface area contributed by atoms with Crippen molar-refractivity contribution in [3.8, 4) is 0 Å². The van der Waals surface area contributed by atoms with Crippen molar-refractivity contribution in [3.63, 3.8) is 0 Å². The van der Waals surface area contributed by atoms with E-state index in [1.807, 2.05) is 26.0 Å². The average molecular weight is 246 g/mol. The van der Waals surface area contributed by atoms with Crippen LogP contribution in [0.15, 0.2) is 22.6 Å². The zero-order valence-electron chi connectivity index (χ0n) is 11.0. The molecule has 0 fully saturated rings. The molecule has 0 atom stereocenters. The maximum absolute atomic E-state index is 11.2. The Hall–Kier alpha value is -1.77. The Morgan fingerprint density at radius 1 is 1.39 bits per heavy atom. The third-order valence-corrected chi connectivity index (χ3v) is 3.10. The summed E-state index contributed by atoms with van der Waals surface area (Å²) in [6.45, 7) is 6.11. The highest BCUT2D eigenvalue weighted by molar-refractivity contribution is 5.95. The fourth-order valence-electron chi connectivity index (χ4n) is 2.34. The number of carboxylic acids is 1. The zero-order chi connectivity index (χ0) is 13.3. The van der Waals surface area contributed by atoms with Gasteiger partial charge in [-0.05, 0) is 30.0 Å². The minimum absolute atomic E-state index is 0.0775. The first-order valence-corrected chi connectivity index (χ1v) is 6.33. The molecule has 1 aromatic carbocycles. The molecule has 0 aliphatic rings. The summed E-state index contributed by atoms with van der Waals surface area (Å²) in [7, 11) is 0. The summed E-state index contributed by atoms with van der Waals surface area (Å²) in [5.74, 6) is -0.783. The van der Waals surface area contributed by atoms with Crippen LogP contribution in [0.25, 0.3) is 11.0 Å². The van der Waals surface area contributed by atoms with Gasteiger partial charge in [0.05, 0.1) is 0 Å². The number of hydrogen-bond acceptors (Lipinski definition) is 2. The Labute approximate surface area is 106 Å². The predicted molar refractivity (Wildman–Crippen MR) is 71.3 cm³/mol. The molecule has 1 N–H and O–H groups in total. The van der Waals surface area contributed by atoms with Gasteiger partial charge in [0.25, 0.3) is 0 Å². The number of rotatable bonds is 4. The zero-order valence-corrected chi connectivity index (χ0v) is 11.0. The van der Waals surface area contributed by atoms with E-state index in [1.54, 1.807) is 0 Å². The largest absolute Gasteiger partial charge is 0.475 e. The van der Waals surface area contributed by atoms with E-state index in [4.69, 9.17) is 4.42 Å². The second-order valence-electron chi connectivity index (χ2n) is 4.89. The van der Waals surface area contributed by atoms with Crippen molar-refractivity contribution >= 4 is 16.9 Å². The monoisotopic (exact) mass is 246 g/mol. The van der Waals surface area contributed by atoms with Crippen molar-refractivity contribution in [2.45, 2.75) is 39.5 Å². The van der Waals surface area contributed by atoms with Crippen LogP contribution in [0.4, 0.5) is 0 Å². The van der Waals surface area contributed by atoms with Crippen LogP contribution < -0.4 is 0 Å². The summed E-state index contributed by atoms with van der Waals surface area (Å²) < 4.78 is 5.46. The van der Waals surface area contributed by atoms with Crippen LogP contribution in [0.3, 0.4) is 0 Å². The molecular weight excluding hydrogens is 228 g/mol. The van der Waals surface area contributed by atoms with Gasteiger partial charge in [0, 0.05) is 10.9 Å². The molecule has 0 radical (unpaired) electrons. The number of aromatic carboxylic acids is 1. The minimum Gasteiger partial charge on any atom is -0.475 e. The molecule has 1 heterocycles. The molecule has 2 rings (SSSR count). The maximum Gasteiger partial charge on any atom is 0.372 e. The summed E-state index contributed by atoms with van der Waals surface area (Å²) in [6, 6.07) is 5.94. The van der Waals surface area contributed by atoms with Crippen LogP contribution in [-0.4, -0.2) is 11.1 Å². The molecule has 0 saturated heterocycles. The molecule has 0 unspecified atom stereocenters. The number of aryl methyl sites for hydroxylation is 1. The maximum atomic E-state index is 11.2. The topological polar surface area (TPSA) is 50.4 Å². The van der Waals surface area contributed by atoms with Crippen LogP contribution >= 0.6 is 0 Å². The van der Waals surface area contributed by atoms with Crippen molar-refractivity contribution in [1.82, 2.24) is 0 Å². The predicted octanol–water partition coefficient (Wildman–Crippen LogP) is 4.21. The van der Waals surface area contributed by atoms with E-state index >= 15 is 0 Å². The van der Waals surface area contributed by atoms with E-state index in [0.29, 0.717) is 5.58 Å². The van der Waals surface area contributed by atoms with Gasteiger partial charge in [0.15, 0.2) is 0 Å². The second-order valence-corrected chi connectivity index (χ2v) is 4.89. The Balaban J connectivity index is 2.67. The van der Waals surface area contributed by atoms with Crippen LogP contribution in [0.5, 0.6) is 0 Å². The molecule has 2 aromatic rings. The van der Waals surface area contributed by atoms with Gasteiger partial charge < -0.3 is 9.52 Å². The molecule has 0 aliphatic heterocycles. The van der Waals surface area contributed by atoms with E-state index in [1.165, 1.54) is 5.56 Å². The van der Waals surface area contributed by atoms with Crippen LogP contribution in [0.2, 0.25) is 0 Å². The molecule has 96 valence electrons. The highest BCUT2D eigenvalue weighted by atomic mass is 16.4. The summed E-state index contributed by atoms with van der Waals surface area (Å²) in [4.78, 5) is 11.2. The second kappa shape index (κ2) is 4.84. The van der Waals surface area contributed by atoms with Gasteiger partial charge in [0.1, 0.15) is 5.58 Å². The SMILES string of the molecule is CCCc1ccc2oc(C(=O)O)c(C(C)C)c2c1. The van der Waals surface area contributed by atoms with Gasteiger partial charge >= 0.3 is 5.97 Å². The van der Waals surface area contributed by atoms with Gasteiger partial charge in [0.2, 0.25) is 5.76 Å². The average Bonchev–Trinajstić information content (AvgIpc) is 2.68. The number of carboxylic acid groups (broad SMARTS) is 1. The molecule has 3 heteroatoms. The lowest BCUT2D eigenvalue weighted by Gasteiger charge is -2.04. The molecule has 0 aliphatic carbocycles. The van der Waals surface area contributed by atoms with Crippen molar-refractivity contribution in [3.05, 3.63) is 35.1 Å². The Morgan fingerprint density at radius 3 is 2.67 bits per heavy atom. The lowest BCUT2D eigenvalue weighted by Crippen LogP contribution is -2.00. The van der Waals surface area contributed by atoms with E-state index in [0.717, 1.165) is 23.8 Å². The lowest BCUT2D eigenvalue weighted by molar-refractivity contribution is 0.0663. The van der Waals surface area contributed by atoms with Crippen LogP contribution in [-0.2, 0) is 6.42 Å². The van der Waals surface area contributed by atoms with E-state index in [-0.39, 0.29) is 11.7 Å². The first kappa shape index (κ1) is 12.7. The number of carbonyl (C=O) groups is 1. The fourth-order valence-corrected chi connectivity index (χ4v) is 2.34. The van der Waals surface area contributed by atoms with E-state index in [9.17, 15) is 9.90 Å². The first-order chi connectivity index (χ1) is 8.54. The number of hydrogen-bond donors (Lipinski definition) is 1. The Morgan fingerprint density at radius 2 is 2.11 bits per heavy atom.